The maximum Gasteiger partial charge on any atom is 0.257 e. The Morgan fingerprint density at radius 3 is 2.33 bits per heavy atom. The van der Waals surface area contributed by atoms with Crippen LogP contribution in [0.5, 0.6) is 5.75 Å². The van der Waals surface area contributed by atoms with Crippen LogP contribution in [0.1, 0.15) is 26.3 Å². The number of rotatable bonds is 8. The first-order valence-corrected chi connectivity index (χ1v) is 15.8. The Morgan fingerprint density at radius 2 is 1.67 bits per heavy atom. The van der Waals surface area contributed by atoms with Crippen LogP contribution >= 0.6 is 23.1 Å². The highest BCUT2D eigenvalue weighted by Gasteiger charge is 2.26. The number of carbonyl (C=O) groups is 3. The molecule has 10 nitrogen and oxygen atoms in total. The SMILES string of the molecule is C=CC(=O)N1CCN(C(=O)c2cc(Sc3cnc(NC(=O)c4ccc(N5CCN(C)CC5)cc4)s3)c(C)cc2OC)CC1. The van der Waals surface area contributed by atoms with Gasteiger partial charge in [0.15, 0.2) is 5.13 Å². The van der Waals surface area contributed by atoms with Crippen LogP contribution in [0.4, 0.5) is 10.8 Å². The molecule has 0 unspecified atom stereocenters. The molecule has 0 saturated carbocycles. The summed E-state index contributed by atoms with van der Waals surface area (Å²) in [7, 11) is 3.68. The summed E-state index contributed by atoms with van der Waals surface area (Å²) in [5.74, 6) is 0.0322. The van der Waals surface area contributed by atoms with Gasteiger partial charge in [-0.05, 0) is 62.0 Å². The predicted octanol–water partition coefficient (Wildman–Crippen LogP) is 4.09. The summed E-state index contributed by atoms with van der Waals surface area (Å²) in [6, 6.07) is 11.4. The first kappa shape index (κ1) is 30.6. The lowest BCUT2D eigenvalue weighted by Crippen LogP contribution is -2.50. The monoisotopic (exact) mass is 620 g/mol. The molecule has 0 atom stereocenters. The fraction of sp³-hybridized carbons (Fsp3) is 0.355. The van der Waals surface area contributed by atoms with Gasteiger partial charge in [-0.2, -0.15) is 0 Å². The van der Waals surface area contributed by atoms with Gasteiger partial charge in [-0.25, -0.2) is 4.98 Å². The number of hydrogen-bond acceptors (Lipinski definition) is 9. The molecule has 2 aliphatic heterocycles. The van der Waals surface area contributed by atoms with E-state index < -0.39 is 0 Å². The molecule has 43 heavy (non-hydrogen) atoms. The third kappa shape index (κ3) is 7.20. The molecule has 2 saturated heterocycles. The Hall–Kier alpha value is -3.87. The Morgan fingerprint density at radius 1 is 1.00 bits per heavy atom. The molecule has 3 heterocycles. The van der Waals surface area contributed by atoms with E-state index in [0.717, 1.165) is 46.5 Å². The molecule has 1 N–H and O–H groups in total. The Kier molecular flexibility index (Phi) is 9.69. The third-order valence-corrected chi connectivity index (χ3v) is 9.87. The van der Waals surface area contributed by atoms with Crippen molar-refractivity contribution in [3.8, 4) is 5.75 Å². The molecule has 3 amide bonds. The zero-order chi connectivity index (χ0) is 30.5. The van der Waals surface area contributed by atoms with Crippen LogP contribution in [-0.2, 0) is 4.79 Å². The second-order valence-corrected chi connectivity index (χ2v) is 12.9. The summed E-state index contributed by atoms with van der Waals surface area (Å²) in [6.07, 6.45) is 3.02. The van der Waals surface area contributed by atoms with Crippen LogP contribution in [0.3, 0.4) is 0 Å². The number of amides is 3. The summed E-state index contributed by atoms with van der Waals surface area (Å²) in [6.45, 7) is 11.3. The second kappa shape index (κ2) is 13.6. The van der Waals surface area contributed by atoms with Crippen molar-refractivity contribution < 1.29 is 19.1 Å². The summed E-state index contributed by atoms with van der Waals surface area (Å²) in [5.41, 5.74) is 3.12. The highest BCUT2D eigenvalue weighted by Crippen LogP contribution is 2.38. The van der Waals surface area contributed by atoms with Gasteiger partial charge in [-0.3, -0.25) is 19.7 Å². The number of methoxy groups -OCH3 is 1. The number of anilines is 2. The normalized spacial score (nSPS) is 15.7. The van der Waals surface area contributed by atoms with Crippen LogP contribution in [0, 0.1) is 6.92 Å². The van der Waals surface area contributed by atoms with E-state index in [9.17, 15) is 14.4 Å². The average Bonchev–Trinajstić information content (AvgIpc) is 3.48. The molecular formula is C31H36N6O4S2. The number of carbonyl (C=O) groups excluding carboxylic acids is 3. The van der Waals surface area contributed by atoms with Gasteiger partial charge in [0.1, 0.15) is 5.75 Å². The molecule has 0 spiro atoms. The Labute approximate surface area is 260 Å². The molecule has 226 valence electrons. The highest BCUT2D eigenvalue weighted by atomic mass is 32.2. The van der Waals surface area contributed by atoms with Crippen LogP contribution in [0.2, 0.25) is 0 Å². The van der Waals surface area contributed by atoms with Crippen LogP contribution < -0.4 is 15.0 Å². The zero-order valence-electron chi connectivity index (χ0n) is 24.7. The third-order valence-electron chi connectivity index (χ3n) is 7.69. The van der Waals surface area contributed by atoms with Gasteiger partial charge in [-0.1, -0.05) is 29.7 Å². The number of nitrogens with zero attached hydrogens (tertiary/aromatic N) is 5. The van der Waals surface area contributed by atoms with Gasteiger partial charge in [0.2, 0.25) is 5.91 Å². The molecule has 2 aliphatic rings. The quantitative estimate of drug-likeness (QED) is 0.377. The van der Waals surface area contributed by atoms with E-state index in [0.29, 0.717) is 48.2 Å². The van der Waals surface area contributed by atoms with E-state index in [4.69, 9.17) is 4.74 Å². The lowest BCUT2D eigenvalue weighted by atomic mass is 10.1. The number of benzene rings is 2. The van der Waals surface area contributed by atoms with Crippen molar-refractivity contribution in [2.24, 2.45) is 0 Å². The van der Waals surface area contributed by atoms with Gasteiger partial charge in [0, 0.05) is 68.5 Å². The fourth-order valence-corrected chi connectivity index (χ4v) is 7.00. The molecule has 12 heteroatoms. The molecule has 5 rings (SSSR count). The van der Waals surface area contributed by atoms with Crippen molar-refractivity contribution in [2.45, 2.75) is 16.0 Å². The number of aryl methyl sites for hydroxylation is 1. The van der Waals surface area contributed by atoms with Gasteiger partial charge >= 0.3 is 0 Å². The summed E-state index contributed by atoms with van der Waals surface area (Å²) >= 11 is 2.86. The Balaban J connectivity index is 1.23. The van der Waals surface area contributed by atoms with Gasteiger partial charge in [0.25, 0.3) is 11.8 Å². The van der Waals surface area contributed by atoms with E-state index in [2.05, 4.69) is 33.7 Å². The summed E-state index contributed by atoms with van der Waals surface area (Å²) < 4.78 is 6.44. The first-order chi connectivity index (χ1) is 20.7. The predicted molar refractivity (Wildman–Crippen MR) is 171 cm³/mol. The van der Waals surface area contributed by atoms with E-state index in [1.54, 1.807) is 23.1 Å². The standard InChI is InChI=1S/C31H36N6O4S2/c1-5-27(38)36-14-16-37(17-15-36)30(40)24-19-26(21(2)18-25(24)41-4)42-28-20-32-31(43-28)33-29(39)22-6-8-23(9-7-22)35-12-10-34(3)11-13-35/h5-9,18-20H,1,10-17H2,2-4H3,(H,32,33,39). The molecule has 2 aromatic carbocycles. The number of piperazine rings is 2. The number of aromatic nitrogens is 1. The highest BCUT2D eigenvalue weighted by molar-refractivity contribution is 8.01. The maximum absolute atomic E-state index is 13.5. The topological polar surface area (TPSA) is 98.3 Å². The molecule has 1 aromatic heterocycles. The van der Waals surface area contributed by atoms with Crippen molar-refractivity contribution >= 4 is 51.6 Å². The fourth-order valence-electron chi connectivity index (χ4n) is 5.07. The minimum absolute atomic E-state index is 0.127. The zero-order valence-corrected chi connectivity index (χ0v) is 26.3. The average molecular weight is 621 g/mol. The number of likely N-dealkylation sites (N-methyl/N-ethyl adjacent to an activating group) is 1. The van der Waals surface area contributed by atoms with Crippen molar-refractivity contribution in [2.75, 3.05) is 76.7 Å². The van der Waals surface area contributed by atoms with E-state index in [-0.39, 0.29) is 17.7 Å². The van der Waals surface area contributed by atoms with Crippen molar-refractivity contribution in [3.63, 3.8) is 0 Å². The number of ether oxygens (including phenoxy) is 1. The lowest BCUT2D eigenvalue weighted by molar-refractivity contribution is -0.127. The first-order valence-electron chi connectivity index (χ1n) is 14.1. The van der Waals surface area contributed by atoms with Crippen molar-refractivity contribution in [1.29, 1.82) is 0 Å². The van der Waals surface area contributed by atoms with E-state index >= 15 is 0 Å². The minimum atomic E-state index is -0.209. The number of hydrogen-bond donors (Lipinski definition) is 1. The molecule has 0 aliphatic carbocycles. The molecule has 3 aromatic rings. The lowest BCUT2D eigenvalue weighted by Gasteiger charge is -2.34. The smallest absolute Gasteiger partial charge is 0.257 e. The van der Waals surface area contributed by atoms with Crippen LogP contribution in [-0.4, -0.2) is 104 Å². The molecule has 2 fully saturated rings. The maximum atomic E-state index is 13.5. The largest absolute Gasteiger partial charge is 0.496 e. The van der Waals surface area contributed by atoms with E-state index in [1.165, 1.54) is 29.2 Å². The Bertz CT molecular complexity index is 1490. The number of thiazole rings is 1. The van der Waals surface area contributed by atoms with Gasteiger partial charge < -0.3 is 24.3 Å². The van der Waals surface area contributed by atoms with Crippen LogP contribution in [0.25, 0.3) is 0 Å². The minimum Gasteiger partial charge on any atom is -0.496 e. The molecule has 0 bridgehead atoms. The number of nitrogens with one attached hydrogen (secondary N) is 1. The summed E-state index contributed by atoms with van der Waals surface area (Å²) in [5, 5.41) is 3.41. The van der Waals surface area contributed by atoms with Crippen LogP contribution in [0.15, 0.2) is 64.4 Å². The molecule has 0 radical (unpaired) electrons. The molecular weight excluding hydrogens is 585 g/mol. The van der Waals surface area contributed by atoms with E-state index in [1.807, 2.05) is 43.3 Å². The second-order valence-electron chi connectivity index (χ2n) is 10.5. The van der Waals surface area contributed by atoms with Gasteiger partial charge in [0.05, 0.1) is 23.1 Å². The van der Waals surface area contributed by atoms with Gasteiger partial charge in [-0.15, -0.1) is 0 Å². The summed E-state index contributed by atoms with van der Waals surface area (Å²) in [4.78, 5) is 51.7. The van der Waals surface area contributed by atoms with Crippen molar-refractivity contribution in [1.82, 2.24) is 19.7 Å². The van der Waals surface area contributed by atoms with Crippen molar-refractivity contribution in [3.05, 3.63) is 71.9 Å².